The quantitative estimate of drug-likeness (QED) is 0.650. The number of nitrogens with zero attached hydrogens (tertiary/aromatic N) is 1. The van der Waals surface area contributed by atoms with Crippen molar-refractivity contribution in [3.63, 3.8) is 0 Å². The normalized spacial score (nSPS) is 11.1. The van der Waals surface area contributed by atoms with E-state index in [9.17, 15) is 9.59 Å². The molecule has 0 amide bonds. The molecule has 0 radical (unpaired) electrons. The molecule has 13 heavy (non-hydrogen) atoms. The van der Waals surface area contributed by atoms with Crippen LogP contribution in [-0.4, -0.2) is 41.1 Å². The Kier molecular flexibility index (Phi) is 4.58. The van der Waals surface area contributed by atoms with Crippen molar-refractivity contribution in [2.45, 2.75) is 12.8 Å². The monoisotopic (exact) mass is 187 g/mol. The van der Waals surface area contributed by atoms with Crippen molar-refractivity contribution in [1.29, 1.82) is 0 Å². The van der Waals surface area contributed by atoms with Crippen molar-refractivity contribution in [3.8, 4) is 0 Å². The largest absolute Gasteiger partial charge is 0.481 e. The number of hydrogen-bond donors (Lipinski definition) is 2. The van der Waals surface area contributed by atoms with Gasteiger partial charge in [-0.3, -0.25) is 9.59 Å². The summed E-state index contributed by atoms with van der Waals surface area (Å²) in [5.74, 6) is -1.94. The fraction of sp³-hybridized carbons (Fsp3) is 0.500. The van der Waals surface area contributed by atoms with E-state index in [1.807, 2.05) is 0 Å². The van der Waals surface area contributed by atoms with Gasteiger partial charge in [-0.1, -0.05) is 6.08 Å². The van der Waals surface area contributed by atoms with Gasteiger partial charge in [0.15, 0.2) is 0 Å². The molecule has 74 valence electrons. The minimum Gasteiger partial charge on any atom is -0.481 e. The van der Waals surface area contributed by atoms with Gasteiger partial charge in [0.1, 0.15) is 0 Å². The maximum atomic E-state index is 10.3. The first-order valence-corrected chi connectivity index (χ1v) is 3.73. The molecule has 0 aliphatic rings. The molecule has 0 heterocycles. The summed E-state index contributed by atoms with van der Waals surface area (Å²) in [4.78, 5) is 22.1. The van der Waals surface area contributed by atoms with Crippen LogP contribution in [0, 0.1) is 0 Å². The first kappa shape index (κ1) is 11.5. The number of carboxylic acid groups (broad SMARTS) is 2. The van der Waals surface area contributed by atoms with E-state index in [1.54, 1.807) is 19.0 Å². The van der Waals surface area contributed by atoms with Gasteiger partial charge in [-0.2, -0.15) is 0 Å². The first-order valence-electron chi connectivity index (χ1n) is 3.73. The van der Waals surface area contributed by atoms with Crippen LogP contribution in [0.25, 0.3) is 0 Å². The molecule has 0 aromatic heterocycles. The summed E-state index contributed by atoms with van der Waals surface area (Å²) >= 11 is 0. The second kappa shape index (κ2) is 5.18. The van der Waals surface area contributed by atoms with Crippen molar-refractivity contribution in [2.75, 3.05) is 14.1 Å². The van der Waals surface area contributed by atoms with E-state index >= 15 is 0 Å². The molecule has 0 saturated heterocycles. The van der Waals surface area contributed by atoms with Gasteiger partial charge in [-0.15, -0.1) is 0 Å². The fourth-order valence-electron chi connectivity index (χ4n) is 0.773. The van der Waals surface area contributed by atoms with E-state index in [0.29, 0.717) is 5.70 Å². The Balaban J connectivity index is 4.32. The molecule has 0 fully saturated rings. The summed E-state index contributed by atoms with van der Waals surface area (Å²) in [6, 6.07) is 0. The Morgan fingerprint density at radius 1 is 1.23 bits per heavy atom. The van der Waals surface area contributed by atoms with Crippen molar-refractivity contribution in [2.24, 2.45) is 0 Å². The molecule has 0 aromatic rings. The highest BCUT2D eigenvalue weighted by Crippen LogP contribution is 2.05. The lowest BCUT2D eigenvalue weighted by Gasteiger charge is -2.14. The minimum atomic E-state index is -0.968. The highest BCUT2D eigenvalue weighted by molar-refractivity contribution is 5.71. The topological polar surface area (TPSA) is 77.8 Å². The molecule has 2 N–H and O–H groups in total. The van der Waals surface area contributed by atoms with Crippen LogP contribution in [-0.2, 0) is 9.59 Å². The number of aliphatic carboxylic acids is 2. The summed E-state index contributed by atoms with van der Waals surface area (Å²) < 4.78 is 0. The number of hydrogen-bond acceptors (Lipinski definition) is 3. The van der Waals surface area contributed by atoms with E-state index < -0.39 is 11.9 Å². The molecular weight excluding hydrogens is 174 g/mol. The molecule has 5 nitrogen and oxygen atoms in total. The van der Waals surface area contributed by atoms with E-state index in [2.05, 4.69) is 0 Å². The Labute approximate surface area is 76.3 Å². The predicted molar refractivity (Wildman–Crippen MR) is 46.3 cm³/mol. The summed E-state index contributed by atoms with van der Waals surface area (Å²) in [5, 5.41) is 16.9. The lowest BCUT2D eigenvalue weighted by atomic mass is 10.2. The molecule has 0 aliphatic carbocycles. The van der Waals surface area contributed by atoms with Crippen LogP contribution in [0.5, 0.6) is 0 Å². The summed E-state index contributed by atoms with van der Waals surface area (Å²) in [7, 11) is 3.35. The molecule has 0 unspecified atom stereocenters. The van der Waals surface area contributed by atoms with Gasteiger partial charge in [0.25, 0.3) is 0 Å². The summed E-state index contributed by atoms with van der Waals surface area (Å²) in [6.45, 7) is 0. The van der Waals surface area contributed by atoms with E-state index in [0.717, 1.165) is 0 Å². The molecular formula is C8H13NO4. The Morgan fingerprint density at radius 2 is 1.77 bits per heavy atom. The van der Waals surface area contributed by atoms with Crippen molar-refractivity contribution >= 4 is 11.9 Å². The van der Waals surface area contributed by atoms with E-state index in [1.165, 1.54) is 6.08 Å². The van der Waals surface area contributed by atoms with Crippen LogP contribution in [0.2, 0.25) is 0 Å². The zero-order valence-electron chi connectivity index (χ0n) is 7.65. The van der Waals surface area contributed by atoms with Crippen molar-refractivity contribution in [1.82, 2.24) is 4.90 Å². The minimum absolute atomic E-state index is 0.152. The Bertz CT molecular complexity index is 232. The van der Waals surface area contributed by atoms with Crippen molar-refractivity contribution in [3.05, 3.63) is 11.8 Å². The molecule has 0 aliphatic heterocycles. The molecule has 0 saturated carbocycles. The second-order valence-corrected chi connectivity index (χ2v) is 2.76. The third kappa shape index (κ3) is 5.72. The summed E-state index contributed by atoms with van der Waals surface area (Å²) in [6.07, 6.45) is 1.09. The van der Waals surface area contributed by atoms with E-state index in [4.69, 9.17) is 10.2 Å². The van der Waals surface area contributed by atoms with Crippen molar-refractivity contribution < 1.29 is 19.8 Å². The van der Waals surface area contributed by atoms with Crippen LogP contribution in [0.15, 0.2) is 11.8 Å². The van der Waals surface area contributed by atoms with Gasteiger partial charge in [-0.05, 0) is 0 Å². The molecule has 0 atom stereocenters. The SMILES string of the molecule is CN(C)/C(=C\CC(=O)O)CC(=O)O. The average molecular weight is 187 g/mol. The maximum Gasteiger partial charge on any atom is 0.309 e. The van der Waals surface area contributed by atoms with E-state index in [-0.39, 0.29) is 12.8 Å². The fourth-order valence-corrected chi connectivity index (χ4v) is 0.773. The van der Waals surface area contributed by atoms with Gasteiger partial charge in [0.2, 0.25) is 0 Å². The molecule has 5 heteroatoms. The van der Waals surface area contributed by atoms with Crippen LogP contribution in [0.3, 0.4) is 0 Å². The molecule has 0 spiro atoms. The highest BCUT2D eigenvalue weighted by atomic mass is 16.4. The Hall–Kier alpha value is -1.52. The van der Waals surface area contributed by atoms with Crippen LogP contribution >= 0.6 is 0 Å². The van der Waals surface area contributed by atoms with Crippen LogP contribution in [0.4, 0.5) is 0 Å². The number of carboxylic acids is 2. The van der Waals surface area contributed by atoms with Gasteiger partial charge in [0, 0.05) is 19.8 Å². The molecule has 0 bridgehead atoms. The van der Waals surface area contributed by atoms with Crippen LogP contribution < -0.4 is 0 Å². The van der Waals surface area contributed by atoms with Gasteiger partial charge in [-0.25, -0.2) is 0 Å². The zero-order chi connectivity index (χ0) is 10.4. The highest BCUT2D eigenvalue weighted by Gasteiger charge is 2.06. The predicted octanol–water partition coefficient (Wildman–Crippen LogP) is 0.381. The second-order valence-electron chi connectivity index (χ2n) is 2.76. The lowest BCUT2D eigenvalue weighted by Crippen LogP contribution is -2.15. The first-order chi connectivity index (χ1) is 5.93. The molecule has 0 rings (SSSR count). The van der Waals surface area contributed by atoms with Gasteiger partial charge < -0.3 is 15.1 Å². The standard InChI is InChI=1S/C8H13NO4/c1-9(2)6(5-8(12)13)3-4-7(10)11/h3H,4-5H2,1-2H3,(H,10,11)(H,12,13)/b6-3-. The number of rotatable bonds is 5. The maximum absolute atomic E-state index is 10.3. The zero-order valence-corrected chi connectivity index (χ0v) is 7.65. The third-order valence-corrected chi connectivity index (χ3v) is 1.42. The van der Waals surface area contributed by atoms with Gasteiger partial charge in [0.05, 0.1) is 12.8 Å². The molecule has 0 aromatic carbocycles. The average Bonchev–Trinajstić information content (AvgIpc) is 1.96. The Morgan fingerprint density at radius 3 is 2.08 bits per heavy atom. The smallest absolute Gasteiger partial charge is 0.309 e. The lowest BCUT2D eigenvalue weighted by molar-refractivity contribution is -0.137. The number of carbonyl (C=O) groups is 2. The van der Waals surface area contributed by atoms with Crippen LogP contribution in [0.1, 0.15) is 12.8 Å². The van der Waals surface area contributed by atoms with Gasteiger partial charge >= 0.3 is 11.9 Å². The third-order valence-electron chi connectivity index (χ3n) is 1.42. The summed E-state index contributed by atoms with van der Waals surface area (Å²) in [5.41, 5.74) is 0.495.